The zero-order valence-electron chi connectivity index (χ0n) is 11.7. The third kappa shape index (κ3) is 4.82. The van der Waals surface area contributed by atoms with Crippen LogP contribution in [0.5, 0.6) is 0 Å². The maximum absolute atomic E-state index is 9.94. The Kier molecular flexibility index (Phi) is 7.11. The van der Waals surface area contributed by atoms with Crippen LogP contribution in [0.15, 0.2) is 0 Å². The van der Waals surface area contributed by atoms with Crippen LogP contribution in [0.25, 0.3) is 0 Å². The first-order valence-corrected chi connectivity index (χ1v) is 6.72. The van der Waals surface area contributed by atoms with Crippen molar-refractivity contribution in [2.45, 2.75) is 38.5 Å². The number of nitrogens with zero attached hydrogens (tertiary/aromatic N) is 1. The van der Waals surface area contributed by atoms with Gasteiger partial charge in [0.05, 0.1) is 32.0 Å². The summed E-state index contributed by atoms with van der Waals surface area (Å²) in [5, 5.41) is 19.3. The van der Waals surface area contributed by atoms with Crippen LogP contribution in [0, 0.1) is 5.92 Å². The van der Waals surface area contributed by atoms with E-state index in [1.165, 1.54) is 0 Å². The topological polar surface area (TPSA) is 62.2 Å². The van der Waals surface area contributed by atoms with E-state index < -0.39 is 6.10 Å². The lowest BCUT2D eigenvalue weighted by atomic mass is 10.0. The number of likely N-dealkylation sites (tertiary alicyclic amines) is 1. The van der Waals surface area contributed by atoms with Gasteiger partial charge < -0.3 is 19.7 Å². The molecule has 1 fully saturated rings. The van der Waals surface area contributed by atoms with E-state index in [9.17, 15) is 10.2 Å². The number of β-amino-alcohol motifs (C(OH)–C–C–N with tert-alkyl or cyclic N) is 1. The van der Waals surface area contributed by atoms with E-state index in [4.69, 9.17) is 9.47 Å². The Balaban J connectivity index is 2.25. The molecule has 0 amide bonds. The molecule has 0 aromatic heterocycles. The minimum Gasteiger partial charge on any atom is -0.395 e. The van der Waals surface area contributed by atoms with Crippen molar-refractivity contribution in [3.05, 3.63) is 0 Å². The Labute approximate surface area is 110 Å². The molecule has 1 aliphatic heterocycles. The highest BCUT2D eigenvalue weighted by Gasteiger charge is 2.31. The van der Waals surface area contributed by atoms with Gasteiger partial charge in [-0.2, -0.15) is 0 Å². The van der Waals surface area contributed by atoms with Gasteiger partial charge in [-0.25, -0.2) is 0 Å². The average Bonchev–Trinajstić information content (AvgIpc) is 2.67. The molecule has 0 bridgehead atoms. The second-order valence-electron chi connectivity index (χ2n) is 5.26. The zero-order valence-corrected chi connectivity index (χ0v) is 11.7. The quantitative estimate of drug-likeness (QED) is 0.649. The number of hydrogen-bond acceptors (Lipinski definition) is 5. The molecule has 4 atom stereocenters. The van der Waals surface area contributed by atoms with Gasteiger partial charge in [-0.15, -0.1) is 0 Å². The molecular formula is C13H27NO4. The molecule has 4 unspecified atom stereocenters. The van der Waals surface area contributed by atoms with Crippen LogP contribution in [0.3, 0.4) is 0 Å². The van der Waals surface area contributed by atoms with Crippen LogP contribution in [-0.2, 0) is 9.47 Å². The molecule has 108 valence electrons. The minimum atomic E-state index is -0.511. The number of rotatable bonds is 8. The standard InChI is InChI=1S/C13H27NO4/c1-10-4-5-14(13(10)7-15)6-12(16)9-18-11(2)8-17-3/h10-13,15-16H,4-9H2,1-3H3. The minimum absolute atomic E-state index is 0.00390. The smallest absolute Gasteiger partial charge is 0.0900 e. The lowest BCUT2D eigenvalue weighted by Crippen LogP contribution is -2.41. The van der Waals surface area contributed by atoms with E-state index >= 15 is 0 Å². The molecule has 0 radical (unpaired) electrons. The van der Waals surface area contributed by atoms with Crippen LogP contribution >= 0.6 is 0 Å². The van der Waals surface area contributed by atoms with Gasteiger partial charge >= 0.3 is 0 Å². The van der Waals surface area contributed by atoms with E-state index in [-0.39, 0.29) is 18.8 Å². The van der Waals surface area contributed by atoms with Crippen LogP contribution < -0.4 is 0 Å². The summed E-state index contributed by atoms with van der Waals surface area (Å²) in [6, 6.07) is 0.177. The highest BCUT2D eigenvalue weighted by Crippen LogP contribution is 2.23. The highest BCUT2D eigenvalue weighted by atomic mass is 16.5. The second kappa shape index (κ2) is 8.07. The van der Waals surface area contributed by atoms with Gasteiger partial charge in [-0.05, 0) is 25.8 Å². The molecule has 1 rings (SSSR count). The molecule has 0 aromatic rings. The van der Waals surface area contributed by atoms with Crippen molar-refractivity contribution >= 4 is 0 Å². The monoisotopic (exact) mass is 261 g/mol. The Morgan fingerprint density at radius 2 is 2.11 bits per heavy atom. The number of hydrogen-bond donors (Lipinski definition) is 2. The van der Waals surface area contributed by atoms with Gasteiger partial charge in [0.1, 0.15) is 0 Å². The van der Waals surface area contributed by atoms with Gasteiger partial charge in [0, 0.05) is 19.7 Å². The lowest BCUT2D eigenvalue weighted by molar-refractivity contribution is -0.0425. The molecule has 0 saturated carbocycles. The Bertz CT molecular complexity index is 227. The van der Waals surface area contributed by atoms with E-state index in [0.717, 1.165) is 13.0 Å². The molecule has 18 heavy (non-hydrogen) atoms. The first kappa shape index (κ1) is 15.9. The molecule has 1 aliphatic rings. The SMILES string of the molecule is COCC(C)OCC(O)CN1CCC(C)C1CO. The highest BCUT2D eigenvalue weighted by molar-refractivity contribution is 4.85. The number of ether oxygens (including phenoxy) is 2. The first-order valence-electron chi connectivity index (χ1n) is 6.72. The molecule has 0 aliphatic carbocycles. The van der Waals surface area contributed by atoms with Crippen molar-refractivity contribution < 1.29 is 19.7 Å². The molecule has 0 spiro atoms. The number of aliphatic hydroxyl groups excluding tert-OH is 2. The Hall–Kier alpha value is -0.200. The van der Waals surface area contributed by atoms with E-state index in [1.807, 2.05) is 6.92 Å². The summed E-state index contributed by atoms with van der Waals surface area (Å²) in [6.45, 7) is 6.58. The van der Waals surface area contributed by atoms with Gasteiger partial charge in [0.2, 0.25) is 0 Å². The molecule has 1 heterocycles. The molecule has 5 heteroatoms. The second-order valence-corrected chi connectivity index (χ2v) is 5.26. The summed E-state index contributed by atoms with van der Waals surface area (Å²) in [6.07, 6.45) is 0.568. The fourth-order valence-corrected chi connectivity index (χ4v) is 2.49. The first-order chi connectivity index (χ1) is 8.58. The van der Waals surface area contributed by atoms with Crippen LogP contribution in [0.2, 0.25) is 0 Å². The van der Waals surface area contributed by atoms with Gasteiger partial charge in [0.15, 0.2) is 0 Å². The maximum Gasteiger partial charge on any atom is 0.0900 e. The fourth-order valence-electron chi connectivity index (χ4n) is 2.49. The van der Waals surface area contributed by atoms with Crippen molar-refractivity contribution in [1.82, 2.24) is 4.90 Å². The molecule has 1 saturated heterocycles. The third-order valence-electron chi connectivity index (χ3n) is 3.60. The van der Waals surface area contributed by atoms with Crippen molar-refractivity contribution in [3.63, 3.8) is 0 Å². The van der Waals surface area contributed by atoms with Crippen LogP contribution in [0.1, 0.15) is 20.3 Å². The van der Waals surface area contributed by atoms with Crippen molar-refractivity contribution in [3.8, 4) is 0 Å². The summed E-state index contributed by atoms with van der Waals surface area (Å²) in [5.74, 6) is 0.496. The molecule has 5 nitrogen and oxygen atoms in total. The van der Waals surface area contributed by atoms with Crippen molar-refractivity contribution in [2.24, 2.45) is 5.92 Å². The van der Waals surface area contributed by atoms with Gasteiger partial charge in [-0.3, -0.25) is 4.90 Å². The Morgan fingerprint density at radius 1 is 1.39 bits per heavy atom. The summed E-state index contributed by atoms with van der Waals surface area (Å²) >= 11 is 0. The average molecular weight is 261 g/mol. The Morgan fingerprint density at radius 3 is 2.72 bits per heavy atom. The third-order valence-corrected chi connectivity index (χ3v) is 3.60. The van der Waals surface area contributed by atoms with Crippen molar-refractivity contribution in [1.29, 1.82) is 0 Å². The molecular weight excluding hydrogens is 234 g/mol. The maximum atomic E-state index is 9.94. The van der Waals surface area contributed by atoms with Gasteiger partial charge in [0.25, 0.3) is 0 Å². The summed E-state index contributed by atoms with van der Waals surface area (Å²) < 4.78 is 10.5. The zero-order chi connectivity index (χ0) is 13.5. The van der Waals surface area contributed by atoms with E-state index in [2.05, 4.69) is 11.8 Å². The predicted molar refractivity (Wildman–Crippen MR) is 69.5 cm³/mol. The molecule has 2 N–H and O–H groups in total. The predicted octanol–water partition coefficient (Wildman–Crippen LogP) is 0.102. The summed E-state index contributed by atoms with van der Waals surface area (Å²) in [4.78, 5) is 2.15. The van der Waals surface area contributed by atoms with Crippen LogP contribution in [0.4, 0.5) is 0 Å². The van der Waals surface area contributed by atoms with E-state index in [1.54, 1.807) is 7.11 Å². The van der Waals surface area contributed by atoms with E-state index in [0.29, 0.717) is 25.7 Å². The van der Waals surface area contributed by atoms with Crippen LogP contribution in [-0.4, -0.2) is 73.4 Å². The van der Waals surface area contributed by atoms with Gasteiger partial charge in [-0.1, -0.05) is 6.92 Å². The number of aliphatic hydroxyl groups is 2. The fraction of sp³-hybridized carbons (Fsp3) is 1.00. The largest absolute Gasteiger partial charge is 0.395 e. The summed E-state index contributed by atoms with van der Waals surface area (Å²) in [7, 11) is 1.63. The number of methoxy groups -OCH3 is 1. The normalized spacial score (nSPS) is 28.5. The molecule has 0 aromatic carbocycles. The van der Waals surface area contributed by atoms with Crippen molar-refractivity contribution in [2.75, 3.05) is 40.0 Å². The summed E-state index contributed by atoms with van der Waals surface area (Å²) in [5.41, 5.74) is 0. The lowest BCUT2D eigenvalue weighted by Gasteiger charge is -2.27.